The van der Waals surface area contributed by atoms with E-state index >= 15 is 0 Å². The van der Waals surface area contributed by atoms with Crippen molar-refractivity contribution in [1.29, 1.82) is 0 Å². The van der Waals surface area contributed by atoms with Crippen molar-refractivity contribution >= 4 is 5.69 Å². The fraction of sp³-hybridized carbons (Fsp3) is 0.571. The van der Waals surface area contributed by atoms with Gasteiger partial charge in [0.15, 0.2) is 11.5 Å². The smallest absolute Gasteiger partial charge is 0.163 e. The maximum absolute atomic E-state index is 5.66. The van der Waals surface area contributed by atoms with Crippen LogP contribution in [0.2, 0.25) is 0 Å². The van der Waals surface area contributed by atoms with Crippen LogP contribution >= 0.6 is 0 Å². The van der Waals surface area contributed by atoms with Gasteiger partial charge in [0, 0.05) is 23.7 Å². The number of anilines is 1. The Balaban J connectivity index is 2.44. The molecule has 1 N–H and O–H groups in total. The van der Waals surface area contributed by atoms with E-state index in [0.29, 0.717) is 13.2 Å². The average Bonchev–Trinajstić information content (AvgIpc) is 2.56. The summed E-state index contributed by atoms with van der Waals surface area (Å²) in [5, 5.41) is 3.42. The van der Waals surface area contributed by atoms with Crippen molar-refractivity contribution in [1.82, 2.24) is 0 Å². The van der Waals surface area contributed by atoms with E-state index < -0.39 is 0 Å². The van der Waals surface area contributed by atoms with Gasteiger partial charge in [-0.3, -0.25) is 0 Å². The molecule has 17 heavy (non-hydrogen) atoms. The van der Waals surface area contributed by atoms with E-state index in [0.717, 1.165) is 18.0 Å². The second-order valence-electron chi connectivity index (χ2n) is 4.95. The van der Waals surface area contributed by atoms with E-state index in [9.17, 15) is 0 Å². The molecule has 0 radical (unpaired) electrons. The highest BCUT2D eigenvalue weighted by Gasteiger charge is 2.31. The van der Waals surface area contributed by atoms with Gasteiger partial charge in [0.1, 0.15) is 0 Å². The number of hydrogen-bond donors (Lipinski definition) is 1. The summed E-state index contributed by atoms with van der Waals surface area (Å²) in [7, 11) is 0. The van der Waals surface area contributed by atoms with Crippen LogP contribution in [0.3, 0.4) is 0 Å². The zero-order valence-corrected chi connectivity index (χ0v) is 11.1. The van der Waals surface area contributed by atoms with Gasteiger partial charge in [-0.25, -0.2) is 0 Å². The predicted octanol–water partition coefficient (Wildman–Crippen LogP) is 3.19. The minimum Gasteiger partial charge on any atom is -0.490 e. The minimum absolute atomic E-state index is 0.159. The van der Waals surface area contributed by atoms with E-state index in [4.69, 9.17) is 9.47 Å². The summed E-state index contributed by atoms with van der Waals surface area (Å²) in [6.45, 7) is 10.7. The lowest BCUT2D eigenvalue weighted by molar-refractivity contribution is 0.287. The molecule has 0 unspecified atom stereocenters. The first-order valence-electron chi connectivity index (χ1n) is 6.26. The van der Waals surface area contributed by atoms with Crippen molar-refractivity contribution < 1.29 is 9.47 Å². The summed E-state index contributed by atoms with van der Waals surface area (Å²) >= 11 is 0. The number of benzene rings is 1. The molecule has 1 aliphatic heterocycles. The van der Waals surface area contributed by atoms with Gasteiger partial charge in [0.05, 0.1) is 13.2 Å². The zero-order valence-electron chi connectivity index (χ0n) is 11.1. The Morgan fingerprint density at radius 3 is 2.29 bits per heavy atom. The highest BCUT2D eigenvalue weighted by molar-refractivity contribution is 5.66. The summed E-state index contributed by atoms with van der Waals surface area (Å²) in [6, 6.07) is 4.17. The first-order valence-corrected chi connectivity index (χ1v) is 6.26. The maximum Gasteiger partial charge on any atom is 0.163 e. The van der Waals surface area contributed by atoms with Gasteiger partial charge in [0.2, 0.25) is 0 Å². The van der Waals surface area contributed by atoms with Crippen LogP contribution in [-0.2, 0) is 5.41 Å². The van der Waals surface area contributed by atoms with Crippen molar-refractivity contribution in [3.8, 4) is 11.5 Å². The summed E-state index contributed by atoms with van der Waals surface area (Å²) in [5.41, 5.74) is 2.64. The molecule has 3 heteroatoms. The molecule has 0 aliphatic carbocycles. The molecule has 1 heterocycles. The van der Waals surface area contributed by atoms with Crippen LogP contribution in [0.5, 0.6) is 11.5 Å². The van der Waals surface area contributed by atoms with E-state index in [-0.39, 0.29) is 5.41 Å². The third-order valence-electron chi connectivity index (χ3n) is 3.13. The second kappa shape index (κ2) is 4.47. The molecular formula is C14H21NO2. The lowest BCUT2D eigenvalue weighted by Gasteiger charge is -2.19. The molecule has 0 saturated heterocycles. The van der Waals surface area contributed by atoms with Crippen LogP contribution in [0.15, 0.2) is 12.1 Å². The quantitative estimate of drug-likeness (QED) is 0.869. The van der Waals surface area contributed by atoms with Gasteiger partial charge >= 0.3 is 0 Å². The summed E-state index contributed by atoms with van der Waals surface area (Å²) < 4.78 is 11.3. The van der Waals surface area contributed by atoms with Crippen LogP contribution in [0.4, 0.5) is 5.69 Å². The van der Waals surface area contributed by atoms with Crippen molar-refractivity contribution in [2.45, 2.75) is 33.1 Å². The van der Waals surface area contributed by atoms with Crippen LogP contribution in [0, 0.1) is 0 Å². The van der Waals surface area contributed by atoms with E-state index in [1.165, 1.54) is 11.3 Å². The molecule has 94 valence electrons. The molecule has 0 aromatic heterocycles. The molecular weight excluding hydrogens is 214 g/mol. The van der Waals surface area contributed by atoms with E-state index in [2.05, 4.69) is 31.3 Å². The summed E-state index contributed by atoms with van der Waals surface area (Å²) in [5.74, 6) is 1.68. The van der Waals surface area contributed by atoms with Crippen molar-refractivity contribution in [3.63, 3.8) is 0 Å². The van der Waals surface area contributed by atoms with Gasteiger partial charge in [0.25, 0.3) is 0 Å². The molecule has 1 aromatic carbocycles. The number of rotatable bonds is 4. The van der Waals surface area contributed by atoms with Crippen LogP contribution in [0.25, 0.3) is 0 Å². The van der Waals surface area contributed by atoms with E-state index in [1.807, 2.05) is 13.8 Å². The van der Waals surface area contributed by atoms with Gasteiger partial charge in [-0.05, 0) is 25.5 Å². The fourth-order valence-electron chi connectivity index (χ4n) is 2.21. The SMILES string of the molecule is CCOc1cc2c(cc1OCC)C(C)(C)CN2. The number of fused-ring (bicyclic) bond motifs is 1. The van der Waals surface area contributed by atoms with E-state index in [1.54, 1.807) is 0 Å². The first kappa shape index (κ1) is 12.1. The Hall–Kier alpha value is -1.38. The summed E-state index contributed by atoms with van der Waals surface area (Å²) in [4.78, 5) is 0. The topological polar surface area (TPSA) is 30.5 Å². The largest absolute Gasteiger partial charge is 0.490 e. The molecule has 3 nitrogen and oxygen atoms in total. The average molecular weight is 235 g/mol. The summed E-state index contributed by atoms with van der Waals surface area (Å²) in [6.07, 6.45) is 0. The standard InChI is InChI=1S/C14H21NO2/c1-5-16-12-7-10-11(8-13(12)17-6-2)15-9-14(10,3)4/h7-8,15H,5-6,9H2,1-4H3. The highest BCUT2D eigenvalue weighted by atomic mass is 16.5. The lowest BCUT2D eigenvalue weighted by Crippen LogP contribution is -2.19. The predicted molar refractivity (Wildman–Crippen MR) is 70.3 cm³/mol. The first-order chi connectivity index (χ1) is 8.08. The Morgan fingerprint density at radius 2 is 1.71 bits per heavy atom. The molecule has 0 spiro atoms. The van der Waals surface area contributed by atoms with Gasteiger partial charge in [-0.15, -0.1) is 0 Å². The third-order valence-corrected chi connectivity index (χ3v) is 3.13. The Morgan fingerprint density at radius 1 is 1.12 bits per heavy atom. The van der Waals surface area contributed by atoms with Crippen LogP contribution in [0.1, 0.15) is 33.3 Å². The molecule has 1 aromatic rings. The van der Waals surface area contributed by atoms with Crippen molar-refractivity contribution in [2.75, 3.05) is 25.1 Å². The molecule has 0 atom stereocenters. The van der Waals surface area contributed by atoms with Gasteiger partial charge in [-0.2, -0.15) is 0 Å². The normalized spacial score (nSPS) is 16.2. The van der Waals surface area contributed by atoms with Crippen molar-refractivity contribution in [2.24, 2.45) is 0 Å². The van der Waals surface area contributed by atoms with Gasteiger partial charge in [-0.1, -0.05) is 13.8 Å². The molecule has 0 fully saturated rings. The number of hydrogen-bond acceptors (Lipinski definition) is 3. The minimum atomic E-state index is 0.159. The van der Waals surface area contributed by atoms with Crippen LogP contribution < -0.4 is 14.8 Å². The van der Waals surface area contributed by atoms with Gasteiger partial charge < -0.3 is 14.8 Å². The monoisotopic (exact) mass is 235 g/mol. The van der Waals surface area contributed by atoms with Crippen molar-refractivity contribution in [3.05, 3.63) is 17.7 Å². The second-order valence-corrected chi connectivity index (χ2v) is 4.95. The molecule has 2 rings (SSSR count). The molecule has 0 amide bonds. The van der Waals surface area contributed by atoms with Crippen LogP contribution in [-0.4, -0.2) is 19.8 Å². The third kappa shape index (κ3) is 2.19. The Labute approximate surface area is 103 Å². The number of ether oxygens (including phenoxy) is 2. The molecule has 0 bridgehead atoms. The number of nitrogens with one attached hydrogen (secondary N) is 1. The molecule has 0 saturated carbocycles. The zero-order chi connectivity index (χ0) is 12.5. The lowest BCUT2D eigenvalue weighted by atomic mass is 9.87. The maximum atomic E-state index is 5.66. The fourth-order valence-corrected chi connectivity index (χ4v) is 2.21. The Kier molecular flexibility index (Phi) is 3.18. The highest BCUT2D eigenvalue weighted by Crippen LogP contribution is 2.43. The Bertz CT molecular complexity index is 413. The molecule has 1 aliphatic rings.